The number of nitrogens with zero attached hydrogens (tertiary/aromatic N) is 2. The van der Waals surface area contributed by atoms with Crippen LogP contribution in [0.4, 0.5) is 17.5 Å². The van der Waals surface area contributed by atoms with E-state index in [9.17, 15) is 14.4 Å². The quantitative estimate of drug-likeness (QED) is 0.723. The van der Waals surface area contributed by atoms with Gasteiger partial charge >= 0.3 is 0 Å². The molecule has 2 aliphatic heterocycles. The summed E-state index contributed by atoms with van der Waals surface area (Å²) < 4.78 is 0. The van der Waals surface area contributed by atoms with Crippen molar-refractivity contribution in [1.29, 1.82) is 0 Å². The lowest BCUT2D eigenvalue weighted by Crippen LogP contribution is -2.46. The van der Waals surface area contributed by atoms with Crippen molar-refractivity contribution in [3.8, 4) is 0 Å². The van der Waals surface area contributed by atoms with Crippen LogP contribution in [0.2, 0.25) is 0 Å². The van der Waals surface area contributed by atoms with Gasteiger partial charge < -0.3 is 15.5 Å². The Labute approximate surface area is 175 Å². The molecule has 2 amide bonds. The average molecular weight is 409 g/mol. The summed E-state index contributed by atoms with van der Waals surface area (Å²) in [4.78, 5) is 47.7. The van der Waals surface area contributed by atoms with Crippen LogP contribution in [0, 0.1) is 6.92 Å². The Hall–Kier alpha value is -3.16. The molecule has 2 aromatic rings. The van der Waals surface area contributed by atoms with Gasteiger partial charge in [0.1, 0.15) is 5.82 Å². The summed E-state index contributed by atoms with van der Waals surface area (Å²) in [6, 6.07) is 7.82. The van der Waals surface area contributed by atoms with E-state index >= 15 is 0 Å². The van der Waals surface area contributed by atoms with Crippen molar-refractivity contribution in [2.45, 2.75) is 64.5 Å². The highest BCUT2D eigenvalue weighted by Crippen LogP contribution is 2.32. The highest BCUT2D eigenvalue weighted by Gasteiger charge is 2.36. The standard InChI is InChI=1S/C22H27N5O3/c1-12-7-9-15(10-8-12)23-20(29)16-11-17(28)24-19-18(16)21(30)26-22(25-19)27-13(2)5-4-6-14(27)3/h7-10,13-14,16H,4-6,11H2,1-3H3,(H,23,29)(H2,24,25,26,28,30)/t13-,14-,16-/m0/s1. The maximum atomic E-state index is 13.0. The lowest BCUT2D eigenvalue weighted by atomic mass is 9.92. The van der Waals surface area contributed by atoms with Gasteiger partial charge in [-0.05, 0) is 52.2 Å². The molecule has 0 radical (unpaired) electrons. The minimum atomic E-state index is -0.892. The predicted octanol–water partition coefficient (Wildman–Crippen LogP) is 2.91. The second-order valence-electron chi connectivity index (χ2n) is 8.35. The summed E-state index contributed by atoms with van der Waals surface area (Å²) in [6.45, 7) is 6.16. The van der Waals surface area contributed by atoms with Crippen LogP contribution in [0.25, 0.3) is 0 Å². The molecule has 1 aromatic carbocycles. The topological polar surface area (TPSA) is 107 Å². The smallest absolute Gasteiger partial charge is 0.258 e. The monoisotopic (exact) mass is 409 g/mol. The summed E-state index contributed by atoms with van der Waals surface area (Å²) in [5.41, 5.74) is 1.52. The second kappa shape index (κ2) is 7.93. The van der Waals surface area contributed by atoms with Crippen LogP contribution in [0.5, 0.6) is 0 Å². The van der Waals surface area contributed by atoms with E-state index < -0.39 is 11.8 Å². The predicted molar refractivity (Wildman–Crippen MR) is 116 cm³/mol. The van der Waals surface area contributed by atoms with Crippen LogP contribution < -0.4 is 21.1 Å². The molecule has 8 nitrogen and oxygen atoms in total. The van der Waals surface area contributed by atoms with Crippen LogP contribution in [0.1, 0.15) is 56.6 Å². The molecule has 1 fully saturated rings. The van der Waals surface area contributed by atoms with Gasteiger partial charge in [-0.25, -0.2) is 0 Å². The number of hydrogen-bond acceptors (Lipinski definition) is 5. The van der Waals surface area contributed by atoms with Gasteiger partial charge in [0.15, 0.2) is 0 Å². The first-order chi connectivity index (χ1) is 14.3. The Morgan fingerprint density at radius 1 is 1.13 bits per heavy atom. The largest absolute Gasteiger partial charge is 0.337 e. The molecule has 0 bridgehead atoms. The number of carbonyl (C=O) groups is 2. The Bertz CT molecular complexity index is 1020. The van der Waals surface area contributed by atoms with Gasteiger partial charge in [-0.15, -0.1) is 0 Å². The summed E-state index contributed by atoms with van der Waals surface area (Å²) in [7, 11) is 0. The molecule has 3 N–H and O–H groups in total. The number of aryl methyl sites for hydroxylation is 1. The van der Waals surface area contributed by atoms with E-state index in [1.807, 2.05) is 19.1 Å². The number of hydrogen-bond donors (Lipinski definition) is 3. The number of piperidine rings is 1. The highest BCUT2D eigenvalue weighted by atomic mass is 16.2. The molecule has 0 unspecified atom stereocenters. The summed E-state index contributed by atoms with van der Waals surface area (Å²) in [6.07, 6.45) is 3.06. The Morgan fingerprint density at radius 2 is 1.80 bits per heavy atom. The van der Waals surface area contributed by atoms with E-state index in [-0.39, 0.29) is 41.4 Å². The molecule has 0 aliphatic carbocycles. The van der Waals surface area contributed by atoms with Gasteiger partial charge in [-0.2, -0.15) is 4.98 Å². The minimum absolute atomic E-state index is 0.0919. The summed E-state index contributed by atoms with van der Waals surface area (Å²) >= 11 is 0. The normalized spacial score (nSPS) is 23.5. The first-order valence-corrected chi connectivity index (χ1v) is 10.4. The number of carbonyl (C=O) groups excluding carboxylic acids is 2. The van der Waals surface area contributed by atoms with E-state index in [2.05, 4.69) is 39.3 Å². The first-order valence-electron chi connectivity index (χ1n) is 10.4. The van der Waals surface area contributed by atoms with Gasteiger partial charge in [-0.3, -0.25) is 19.4 Å². The van der Waals surface area contributed by atoms with E-state index in [4.69, 9.17) is 0 Å². The molecule has 30 heavy (non-hydrogen) atoms. The first kappa shape index (κ1) is 20.1. The van der Waals surface area contributed by atoms with E-state index in [1.165, 1.54) is 0 Å². The van der Waals surface area contributed by atoms with Gasteiger partial charge in [0, 0.05) is 24.2 Å². The van der Waals surface area contributed by atoms with Crippen molar-refractivity contribution in [2.75, 3.05) is 15.5 Å². The van der Waals surface area contributed by atoms with Crippen molar-refractivity contribution in [1.82, 2.24) is 9.97 Å². The molecule has 158 valence electrons. The van der Waals surface area contributed by atoms with E-state index in [0.717, 1.165) is 24.8 Å². The number of benzene rings is 1. The van der Waals surface area contributed by atoms with Crippen LogP contribution in [0.15, 0.2) is 29.1 Å². The van der Waals surface area contributed by atoms with Crippen molar-refractivity contribution in [2.24, 2.45) is 0 Å². The van der Waals surface area contributed by atoms with Gasteiger partial charge in [-0.1, -0.05) is 17.7 Å². The third kappa shape index (κ3) is 3.81. The molecular weight excluding hydrogens is 382 g/mol. The zero-order valence-electron chi connectivity index (χ0n) is 17.5. The minimum Gasteiger partial charge on any atom is -0.337 e. The molecular formula is C22H27N5O3. The maximum Gasteiger partial charge on any atom is 0.258 e. The maximum absolute atomic E-state index is 13.0. The van der Waals surface area contributed by atoms with Crippen molar-refractivity contribution < 1.29 is 9.59 Å². The van der Waals surface area contributed by atoms with E-state index in [1.54, 1.807) is 12.1 Å². The van der Waals surface area contributed by atoms with Gasteiger partial charge in [0.05, 0.1) is 11.5 Å². The van der Waals surface area contributed by atoms with Crippen LogP contribution >= 0.6 is 0 Å². The molecule has 0 saturated carbocycles. The number of aromatic amines is 1. The molecule has 1 saturated heterocycles. The SMILES string of the molecule is Cc1ccc(NC(=O)[C@H]2CC(=O)Nc3nc(N4[C@@H](C)CCC[C@@H]4C)[nH]c(=O)c32)cc1. The third-order valence-corrected chi connectivity index (χ3v) is 6.01. The Balaban J connectivity index is 1.67. The molecule has 4 rings (SSSR count). The van der Waals surface area contributed by atoms with Crippen molar-refractivity contribution in [3.63, 3.8) is 0 Å². The van der Waals surface area contributed by atoms with E-state index in [0.29, 0.717) is 11.6 Å². The molecule has 3 heterocycles. The zero-order valence-corrected chi connectivity index (χ0v) is 17.5. The van der Waals surface area contributed by atoms with Crippen molar-refractivity contribution in [3.05, 3.63) is 45.7 Å². The number of nitrogens with one attached hydrogen (secondary N) is 3. The average Bonchev–Trinajstić information content (AvgIpc) is 2.68. The Kier molecular flexibility index (Phi) is 5.32. The zero-order chi connectivity index (χ0) is 21.4. The molecule has 2 aliphatic rings. The summed E-state index contributed by atoms with van der Waals surface area (Å²) in [5.74, 6) is -0.987. The number of H-pyrrole nitrogens is 1. The number of aromatic nitrogens is 2. The van der Waals surface area contributed by atoms with Crippen LogP contribution in [0.3, 0.4) is 0 Å². The fourth-order valence-electron chi connectivity index (χ4n) is 4.41. The lowest BCUT2D eigenvalue weighted by Gasteiger charge is -2.39. The number of anilines is 3. The van der Waals surface area contributed by atoms with Gasteiger partial charge in [0.2, 0.25) is 17.8 Å². The number of fused-ring (bicyclic) bond motifs is 1. The fraction of sp³-hybridized carbons (Fsp3) is 0.455. The summed E-state index contributed by atoms with van der Waals surface area (Å²) in [5, 5.41) is 5.50. The van der Waals surface area contributed by atoms with Crippen molar-refractivity contribution >= 4 is 29.3 Å². The molecule has 0 spiro atoms. The van der Waals surface area contributed by atoms with Crippen LogP contribution in [-0.4, -0.2) is 33.9 Å². The Morgan fingerprint density at radius 3 is 2.47 bits per heavy atom. The third-order valence-electron chi connectivity index (χ3n) is 6.01. The molecule has 1 aromatic heterocycles. The van der Waals surface area contributed by atoms with Crippen LogP contribution in [-0.2, 0) is 9.59 Å². The van der Waals surface area contributed by atoms with Gasteiger partial charge in [0.25, 0.3) is 5.56 Å². The second-order valence-corrected chi connectivity index (χ2v) is 8.35. The molecule has 8 heteroatoms. The fourth-order valence-corrected chi connectivity index (χ4v) is 4.41. The number of amides is 2. The highest BCUT2D eigenvalue weighted by molar-refractivity contribution is 6.04. The number of rotatable bonds is 3. The molecule has 3 atom stereocenters. The lowest BCUT2D eigenvalue weighted by molar-refractivity contribution is -0.123.